The van der Waals surface area contributed by atoms with Crippen LogP contribution >= 0.6 is 0 Å². The second-order valence-electron chi connectivity index (χ2n) is 6.65. The van der Waals surface area contributed by atoms with Gasteiger partial charge in [-0.15, -0.1) is 0 Å². The van der Waals surface area contributed by atoms with Crippen LogP contribution in [0.25, 0.3) is 0 Å². The highest BCUT2D eigenvalue weighted by atomic mass is 16.3. The summed E-state index contributed by atoms with van der Waals surface area (Å²) < 4.78 is 1.62. The van der Waals surface area contributed by atoms with E-state index in [0.717, 1.165) is 5.56 Å². The minimum absolute atomic E-state index is 0.101. The molecule has 2 atom stereocenters. The summed E-state index contributed by atoms with van der Waals surface area (Å²) in [5, 5.41) is 20.1. The number of amides is 2. The molecule has 6 heteroatoms. The predicted molar refractivity (Wildman–Crippen MR) is 93.6 cm³/mol. The van der Waals surface area contributed by atoms with Crippen molar-refractivity contribution in [1.82, 2.24) is 20.4 Å². The fraction of sp³-hybridized carbons (Fsp3) is 0.444. The highest BCUT2D eigenvalue weighted by Gasteiger charge is 2.25. The summed E-state index contributed by atoms with van der Waals surface area (Å²) in [4.78, 5) is 12.1. The van der Waals surface area contributed by atoms with E-state index in [4.69, 9.17) is 0 Å². The van der Waals surface area contributed by atoms with Gasteiger partial charge in [-0.1, -0.05) is 29.3 Å². The number of carbonyl (C=O) groups excluding carboxylic acids is 1. The number of urea groups is 1. The number of rotatable bonds is 5. The Labute approximate surface area is 142 Å². The molecule has 3 N–H and O–H groups in total. The van der Waals surface area contributed by atoms with Gasteiger partial charge in [0, 0.05) is 18.8 Å². The van der Waals surface area contributed by atoms with E-state index in [2.05, 4.69) is 33.9 Å². The van der Waals surface area contributed by atoms with Gasteiger partial charge in [0.25, 0.3) is 0 Å². The lowest BCUT2D eigenvalue weighted by atomic mass is 10.00. The smallest absolute Gasteiger partial charge is 0.315 e. The number of aliphatic hydroxyl groups is 1. The average Bonchev–Trinajstić information content (AvgIpc) is 2.92. The van der Waals surface area contributed by atoms with Crippen molar-refractivity contribution in [2.24, 2.45) is 7.05 Å². The van der Waals surface area contributed by atoms with Gasteiger partial charge in [0.15, 0.2) is 0 Å². The van der Waals surface area contributed by atoms with Crippen molar-refractivity contribution in [3.05, 3.63) is 52.8 Å². The lowest BCUT2D eigenvalue weighted by Gasteiger charge is -2.23. The van der Waals surface area contributed by atoms with Crippen LogP contribution in [0.15, 0.2) is 30.6 Å². The number of hydrogen-bond donors (Lipinski definition) is 3. The van der Waals surface area contributed by atoms with Crippen molar-refractivity contribution in [2.75, 3.05) is 6.54 Å². The van der Waals surface area contributed by atoms with Crippen LogP contribution in [0.2, 0.25) is 0 Å². The number of carbonyl (C=O) groups is 1. The number of nitrogens with zero attached hydrogens (tertiary/aromatic N) is 2. The molecule has 2 aromatic rings. The van der Waals surface area contributed by atoms with Crippen molar-refractivity contribution >= 4 is 6.03 Å². The SMILES string of the molecule is Cc1cc(C)cc(C(C)NC(=O)NCC(C)(O)c2cnn(C)c2)c1. The number of benzene rings is 1. The van der Waals surface area contributed by atoms with E-state index in [9.17, 15) is 9.90 Å². The quantitative estimate of drug-likeness (QED) is 0.787. The molecule has 2 rings (SSSR count). The van der Waals surface area contributed by atoms with Gasteiger partial charge in [0.1, 0.15) is 5.60 Å². The first-order chi connectivity index (χ1) is 11.2. The summed E-state index contributed by atoms with van der Waals surface area (Å²) in [6.45, 7) is 7.76. The molecule has 0 aliphatic carbocycles. The molecular formula is C18H26N4O2. The van der Waals surface area contributed by atoms with Crippen LogP contribution in [0.1, 0.15) is 42.1 Å². The maximum Gasteiger partial charge on any atom is 0.315 e. The molecule has 2 amide bonds. The molecule has 1 aromatic heterocycles. The molecule has 0 radical (unpaired) electrons. The Kier molecular flexibility index (Phi) is 5.29. The first-order valence-electron chi connectivity index (χ1n) is 8.01. The first kappa shape index (κ1) is 18.0. The minimum Gasteiger partial charge on any atom is -0.383 e. The molecule has 0 saturated carbocycles. The van der Waals surface area contributed by atoms with Crippen molar-refractivity contribution in [3.63, 3.8) is 0 Å². The summed E-state index contributed by atoms with van der Waals surface area (Å²) in [7, 11) is 1.78. The topological polar surface area (TPSA) is 79.2 Å². The highest BCUT2D eigenvalue weighted by molar-refractivity contribution is 5.74. The second-order valence-corrected chi connectivity index (χ2v) is 6.65. The number of aromatic nitrogens is 2. The highest BCUT2D eigenvalue weighted by Crippen LogP contribution is 2.19. The van der Waals surface area contributed by atoms with Crippen LogP contribution in [0, 0.1) is 13.8 Å². The van der Waals surface area contributed by atoms with Crippen LogP contribution in [0.5, 0.6) is 0 Å². The minimum atomic E-state index is -1.17. The molecule has 0 fully saturated rings. The van der Waals surface area contributed by atoms with E-state index in [0.29, 0.717) is 5.56 Å². The molecule has 1 heterocycles. The lowest BCUT2D eigenvalue weighted by molar-refractivity contribution is 0.0592. The third kappa shape index (κ3) is 4.58. The molecule has 0 spiro atoms. The van der Waals surface area contributed by atoms with Gasteiger partial charge >= 0.3 is 6.03 Å². The molecule has 130 valence electrons. The Morgan fingerprint density at radius 3 is 2.50 bits per heavy atom. The van der Waals surface area contributed by atoms with E-state index in [1.807, 2.05) is 20.8 Å². The van der Waals surface area contributed by atoms with Gasteiger partial charge in [-0.05, 0) is 33.3 Å². The summed E-state index contributed by atoms with van der Waals surface area (Å²) in [6, 6.07) is 5.78. The van der Waals surface area contributed by atoms with Crippen LogP contribution in [0.4, 0.5) is 4.79 Å². The van der Waals surface area contributed by atoms with Crippen LogP contribution in [0.3, 0.4) is 0 Å². The van der Waals surface area contributed by atoms with Crippen LogP contribution < -0.4 is 10.6 Å². The Morgan fingerprint density at radius 1 is 1.33 bits per heavy atom. The Balaban J connectivity index is 1.93. The van der Waals surface area contributed by atoms with E-state index in [1.165, 1.54) is 11.1 Å². The molecule has 24 heavy (non-hydrogen) atoms. The first-order valence-corrected chi connectivity index (χ1v) is 8.01. The van der Waals surface area contributed by atoms with Crippen molar-refractivity contribution < 1.29 is 9.90 Å². The van der Waals surface area contributed by atoms with Crippen molar-refractivity contribution in [2.45, 2.75) is 39.3 Å². The predicted octanol–water partition coefficient (Wildman–Crippen LogP) is 2.30. The third-order valence-electron chi connectivity index (χ3n) is 4.01. The monoisotopic (exact) mass is 330 g/mol. The zero-order chi connectivity index (χ0) is 17.9. The normalized spacial score (nSPS) is 14.8. The van der Waals surface area contributed by atoms with Gasteiger partial charge in [-0.25, -0.2) is 4.79 Å². The number of hydrogen-bond acceptors (Lipinski definition) is 3. The van der Waals surface area contributed by atoms with Gasteiger partial charge in [-0.3, -0.25) is 4.68 Å². The molecule has 0 saturated heterocycles. The fourth-order valence-electron chi connectivity index (χ4n) is 2.64. The van der Waals surface area contributed by atoms with Gasteiger partial charge < -0.3 is 15.7 Å². The Bertz CT molecular complexity index is 701. The summed E-state index contributed by atoms with van der Waals surface area (Å²) in [5.74, 6) is 0. The van der Waals surface area contributed by atoms with E-state index >= 15 is 0 Å². The van der Waals surface area contributed by atoms with E-state index in [1.54, 1.807) is 31.0 Å². The van der Waals surface area contributed by atoms with E-state index in [-0.39, 0.29) is 18.6 Å². The summed E-state index contributed by atoms with van der Waals surface area (Å²) >= 11 is 0. The molecule has 6 nitrogen and oxygen atoms in total. The average molecular weight is 330 g/mol. The maximum atomic E-state index is 12.1. The molecular weight excluding hydrogens is 304 g/mol. The van der Waals surface area contributed by atoms with Gasteiger partial charge in [0.2, 0.25) is 0 Å². The molecule has 0 bridgehead atoms. The second kappa shape index (κ2) is 7.05. The molecule has 0 aliphatic heterocycles. The lowest BCUT2D eigenvalue weighted by Crippen LogP contribution is -2.44. The maximum absolute atomic E-state index is 12.1. The standard InChI is InChI=1S/C18H26N4O2/c1-12-6-13(2)8-15(7-12)14(3)21-17(23)19-11-18(4,24)16-9-20-22(5)10-16/h6-10,14,24H,11H2,1-5H3,(H2,19,21,23). The largest absolute Gasteiger partial charge is 0.383 e. The molecule has 0 aliphatic rings. The van der Waals surface area contributed by atoms with Crippen molar-refractivity contribution in [1.29, 1.82) is 0 Å². The van der Waals surface area contributed by atoms with Gasteiger partial charge in [0.05, 0.1) is 18.8 Å². The third-order valence-corrected chi connectivity index (χ3v) is 4.01. The van der Waals surface area contributed by atoms with E-state index < -0.39 is 5.60 Å². The molecule has 2 unspecified atom stereocenters. The summed E-state index contributed by atoms with van der Waals surface area (Å²) in [5.41, 5.74) is 2.88. The summed E-state index contributed by atoms with van der Waals surface area (Å²) in [6.07, 6.45) is 3.33. The van der Waals surface area contributed by atoms with Crippen molar-refractivity contribution in [3.8, 4) is 0 Å². The Hall–Kier alpha value is -2.34. The zero-order valence-corrected chi connectivity index (χ0v) is 14.9. The van der Waals surface area contributed by atoms with Crippen LogP contribution in [-0.2, 0) is 12.6 Å². The fourth-order valence-corrected chi connectivity index (χ4v) is 2.64. The van der Waals surface area contributed by atoms with Crippen LogP contribution in [-0.4, -0.2) is 27.5 Å². The number of nitrogens with one attached hydrogen (secondary N) is 2. The Morgan fingerprint density at radius 2 is 1.96 bits per heavy atom. The number of aryl methyl sites for hydroxylation is 3. The molecule has 1 aromatic carbocycles. The zero-order valence-electron chi connectivity index (χ0n) is 14.9. The van der Waals surface area contributed by atoms with Gasteiger partial charge in [-0.2, -0.15) is 5.10 Å².